The number of carbonyl (C=O) groups excluding carboxylic acids is 1. The zero-order valence-electron chi connectivity index (χ0n) is 13.3. The highest BCUT2D eigenvalue weighted by atomic mass is 35.5. The SMILES string of the molecule is NC(Cc1ccc(P)cc1)C(=O)Nc1cc2cc[nH]c(=O)c2cc1Cl. The Bertz CT molecular complexity index is 986. The molecule has 1 amide bonds. The van der Waals surface area contributed by atoms with Gasteiger partial charge in [-0.15, -0.1) is 9.24 Å². The van der Waals surface area contributed by atoms with Crippen LogP contribution in [0.5, 0.6) is 0 Å². The van der Waals surface area contributed by atoms with Crippen LogP contribution in [0.3, 0.4) is 0 Å². The first-order valence-electron chi connectivity index (χ1n) is 7.66. The molecule has 0 radical (unpaired) electrons. The van der Waals surface area contributed by atoms with Crippen LogP contribution in [0.15, 0.2) is 53.5 Å². The first-order chi connectivity index (χ1) is 11.9. The molecule has 7 heteroatoms. The number of H-pyrrole nitrogens is 1. The predicted molar refractivity (Wildman–Crippen MR) is 106 cm³/mol. The zero-order chi connectivity index (χ0) is 18.0. The molecule has 0 bridgehead atoms. The molecule has 0 spiro atoms. The van der Waals surface area contributed by atoms with Crippen LogP contribution in [0.4, 0.5) is 5.69 Å². The summed E-state index contributed by atoms with van der Waals surface area (Å²) >= 11 is 6.19. The summed E-state index contributed by atoms with van der Waals surface area (Å²) in [7, 11) is 2.61. The van der Waals surface area contributed by atoms with Crippen molar-refractivity contribution in [2.75, 3.05) is 5.32 Å². The summed E-state index contributed by atoms with van der Waals surface area (Å²) in [6, 6.07) is 12.0. The number of benzene rings is 2. The number of rotatable bonds is 4. The number of fused-ring (bicyclic) bond motifs is 1. The van der Waals surface area contributed by atoms with Crippen LogP contribution in [0.2, 0.25) is 5.02 Å². The number of nitrogens with one attached hydrogen (secondary N) is 2. The molecule has 2 unspecified atom stereocenters. The van der Waals surface area contributed by atoms with E-state index in [9.17, 15) is 9.59 Å². The van der Waals surface area contributed by atoms with Gasteiger partial charge in [-0.2, -0.15) is 0 Å². The van der Waals surface area contributed by atoms with Gasteiger partial charge in [-0.1, -0.05) is 35.9 Å². The Kier molecular flexibility index (Phi) is 5.19. The van der Waals surface area contributed by atoms with E-state index in [2.05, 4.69) is 19.5 Å². The van der Waals surface area contributed by atoms with Gasteiger partial charge >= 0.3 is 0 Å². The summed E-state index contributed by atoms with van der Waals surface area (Å²) < 4.78 is 0. The van der Waals surface area contributed by atoms with Gasteiger partial charge in [0.1, 0.15) is 0 Å². The van der Waals surface area contributed by atoms with E-state index in [1.807, 2.05) is 24.3 Å². The molecule has 0 aliphatic carbocycles. The Morgan fingerprint density at radius 2 is 1.96 bits per heavy atom. The van der Waals surface area contributed by atoms with E-state index in [1.165, 1.54) is 6.07 Å². The fraction of sp³-hybridized carbons (Fsp3) is 0.111. The van der Waals surface area contributed by atoms with Crippen LogP contribution in [0.25, 0.3) is 10.8 Å². The molecule has 3 rings (SSSR count). The zero-order valence-corrected chi connectivity index (χ0v) is 15.2. The van der Waals surface area contributed by atoms with Crippen molar-refractivity contribution in [3.05, 3.63) is 69.6 Å². The average molecular weight is 374 g/mol. The van der Waals surface area contributed by atoms with Crippen molar-refractivity contribution < 1.29 is 4.79 Å². The highest BCUT2D eigenvalue weighted by molar-refractivity contribution is 7.27. The number of hydrogen-bond acceptors (Lipinski definition) is 3. The predicted octanol–water partition coefficient (Wildman–Crippen LogP) is 2.19. The summed E-state index contributed by atoms with van der Waals surface area (Å²) in [5.74, 6) is -0.332. The first-order valence-corrected chi connectivity index (χ1v) is 8.61. The Balaban J connectivity index is 1.78. The number of halogens is 1. The summed E-state index contributed by atoms with van der Waals surface area (Å²) in [5, 5.41) is 5.25. The molecular formula is C18H17ClN3O2P. The smallest absolute Gasteiger partial charge is 0.255 e. The van der Waals surface area contributed by atoms with Gasteiger partial charge in [0.05, 0.1) is 16.8 Å². The lowest BCUT2D eigenvalue weighted by Gasteiger charge is -2.14. The molecule has 0 saturated carbocycles. The molecule has 5 nitrogen and oxygen atoms in total. The quantitative estimate of drug-likeness (QED) is 0.612. The van der Waals surface area contributed by atoms with Gasteiger partial charge in [-0.05, 0) is 40.9 Å². The standard InChI is InChI=1S/C18H17ClN3O2P/c19-14-9-13-11(5-6-21-17(13)23)8-16(14)22-18(24)15(20)7-10-1-3-12(25)4-2-10/h1-6,8-9,15H,7,20,25H2,(H,21,23)(H,22,24). The molecule has 25 heavy (non-hydrogen) atoms. The van der Waals surface area contributed by atoms with Crippen molar-refractivity contribution in [3.63, 3.8) is 0 Å². The second-order valence-corrected chi connectivity index (χ2v) is 6.84. The van der Waals surface area contributed by atoms with Gasteiger partial charge in [0, 0.05) is 11.6 Å². The van der Waals surface area contributed by atoms with E-state index in [-0.39, 0.29) is 16.5 Å². The molecular weight excluding hydrogens is 357 g/mol. The van der Waals surface area contributed by atoms with E-state index >= 15 is 0 Å². The van der Waals surface area contributed by atoms with Crippen molar-refractivity contribution in [3.8, 4) is 0 Å². The van der Waals surface area contributed by atoms with Crippen molar-refractivity contribution in [2.45, 2.75) is 12.5 Å². The number of aromatic amines is 1. The minimum atomic E-state index is -0.707. The van der Waals surface area contributed by atoms with E-state index in [0.717, 1.165) is 10.9 Å². The summed E-state index contributed by atoms with van der Waals surface area (Å²) in [6.07, 6.45) is 1.97. The molecule has 1 heterocycles. The minimum Gasteiger partial charge on any atom is -0.329 e. The minimum absolute atomic E-state index is 0.230. The average Bonchev–Trinajstić information content (AvgIpc) is 2.58. The fourth-order valence-corrected chi connectivity index (χ4v) is 2.93. The number of amides is 1. The second-order valence-electron chi connectivity index (χ2n) is 5.77. The van der Waals surface area contributed by atoms with E-state index in [0.29, 0.717) is 22.9 Å². The van der Waals surface area contributed by atoms with Gasteiger partial charge < -0.3 is 16.0 Å². The van der Waals surface area contributed by atoms with Gasteiger partial charge in [-0.25, -0.2) is 0 Å². The summed E-state index contributed by atoms with van der Waals surface area (Å²) in [5.41, 5.74) is 7.18. The molecule has 128 valence electrons. The molecule has 2 aromatic carbocycles. The van der Waals surface area contributed by atoms with Gasteiger partial charge in [0.25, 0.3) is 5.56 Å². The third kappa shape index (κ3) is 4.07. The van der Waals surface area contributed by atoms with E-state index < -0.39 is 6.04 Å². The van der Waals surface area contributed by atoms with Crippen LogP contribution < -0.4 is 21.9 Å². The maximum absolute atomic E-state index is 12.4. The van der Waals surface area contributed by atoms with Crippen LogP contribution in [0.1, 0.15) is 5.56 Å². The third-order valence-corrected chi connectivity index (χ3v) is 4.59. The highest BCUT2D eigenvalue weighted by Crippen LogP contribution is 2.26. The summed E-state index contributed by atoms with van der Waals surface area (Å²) in [4.78, 5) is 26.7. The molecule has 0 fully saturated rings. The summed E-state index contributed by atoms with van der Waals surface area (Å²) in [6.45, 7) is 0. The monoisotopic (exact) mass is 373 g/mol. The normalized spacial score (nSPS) is 12.1. The molecule has 0 saturated heterocycles. The molecule has 2 atom stereocenters. The maximum Gasteiger partial charge on any atom is 0.255 e. The number of pyridine rings is 1. The van der Waals surface area contributed by atoms with Gasteiger partial charge in [0.2, 0.25) is 5.91 Å². The fourth-order valence-electron chi connectivity index (χ4n) is 2.53. The Hall–Kier alpha value is -2.20. The van der Waals surface area contributed by atoms with Crippen molar-refractivity contribution in [1.82, 2.24) is 4.98 Å². The lowest BCUT2D eigenvalue weighted by molar-refractivity contribution is -0.117. The lowest BCUT2D eigenvalue weighted by Crippen LogP contribution is -2.37. The second kappa shape index (κ2) is 7.36. The molecule has 3 aromatic rings. The van der Waals surface area contributed by atoms with Crippen LogP contribution in [0, 0.1) is 0 Å². The maximum atomic E-state index is 12.4. The van der Waals surface area contributed by atoms with E-state index in [1.54, 1.807) is 18.3 Å². The van der Waals surface area contributed by atoms with Crippen LogP contribution >= 0.6 is 20.8 Å². The molecule has 4 N–H and O–H groups in total. The van der Waals surface area contributed by atoms with Gasteiger partial charge in [0.15, 0.2) is 0 Å². The number of carbonyl (C=O) groups is 1. The lowest BCUT2D eigenvalue weighted by atomic mass is 10.1. The Labute approximate surface area is 151 Å². The molecule has 1 aromatic heterocycles. The third-order valence-electron chi connectivity index (χ3n) is 3.89. The van der Waals surface area contributed by atoms with Crippen molar-refractivity contribution >= 4 is 48.5 Å². The van der Waals surface area contributed by atoms with Crippen molar-refractivity contribution in [1.29, 1.82) is 0 Å². The molecule has 0 aliphatic heterocycles. The topological polar surface area (TPSA) is 88.0 Å². The Morgan fingerprint density at radius 1 is 1.24 bits per heavy atom. The number of nitrogens with two attached hydrogens (primary N) is 1. The van der Waals surface area contributed by atoms with Gasteiger partial charge in [-0.3, -0.25) is 9.59 Å². The largest absolute Gasteiger partial charge is 0.329 e. The molecule has 0 aliphatic rings. The number of aromatic nitrogens is 1. The number of hydrogen-bond donors (Lipinski definition) is 3. The van der Waals surface area contributed by atoms with Crippen molar-refractivity contribution in [2.24, 2.45) is 5.73 Å². The number of anilines is 1. The highest BCUT2D eigenvalue weighted by Gasteiger charge is 2.16. The van der Waals surface area contributed by atoms with Crippen LogP contribution in [-0.4, -0.2) is 16.9 Å². The van der Waals surface area contributed by atoms with Crippen LogP contribution in [-0.2, 0) is 11.2 Å². The van der Waals surface area contributed by atoms with E-state index in [4.69, 9.17) is 17.3 Å². The Morgan fingerprint density at radius 3 is 2.68 bits per heavy atom. The first kappa shape index (κ1) is 17.6.